The molecule has 0 saturated carbocycles. The Morgan fingerprint density at radius 1 is 1.10 bits per heavy atom. The lowest BCUT2D eigenvalue weighted by molar-refractivity contribution is -0.274. The van der Waals surface area contributed by atoms with Gasteiger partial charge in [0.25, 0.3) is 5.91 Å². The van der Waals surface area contributed by atoms with Crippen molar-refractivity contribution in [2.75, 3.05) is 23.3 Å². The second-order valence-electron chi connectivity index (χ2n) is 6.96. The fourth-order valence-electron chi connectivity index (χ4n) is 3.55. The number of aromatic amines is 1. The molecule has 2 aromatic carbocycles. The van der Waals surface area contributed by atoms with Gasteiger partial charge >= 0.3 is 6.36 Å². The Labute approximate surface area is 169 Å². The summed E-state index contributed by atoms with van der Waals surface area (Å²) in [6.45, 7) is 1.19. The first-order valence-electron chi connectivity index (χ1n) is 9.38. The van der Waals surface area contributed by atoms with E-state index in [-0.39, 0.29) is 22.7 Å². The fraction of sp³-hybridized carbons (Fsp3) is 0.238. The van der Waals surface area contributed by atoms with Crippen molar-refractivity contribution >= 4 is 28.2 Å². The molecule has 0 atom stereocenters. The number of halogens is 3. The Kier molecular flexibility index (Phi) is 5.11. The number of carbonyl (C=O) groups is 1. The summed E-state index contributed by atoms with van der Waals surface area (Å²) in [6, 6.07) is 10.7. The number of rotatable bonds is 4. The minimum atomic E-state index is -4.82. The fourth-order valence-corrected chi connectivity index (χ4v) is 3.55. The van der Waals surface area contributed by atoms with E-state index in [2.05, 4.69) is 15.0 Å². The Balaban J connectivity index is 1.64. The minimum Gasteiger partial charge on any atom is -0.404 e. The summed E-state index contributed by atoms with van der Waals surface area (Å²) < 4.78 is 42.4. The lowest BCUT2D eigenvalue weighted by Gasteiger charge is -2.23. The summed E-state index contributed by atoms with van der Waals surface area (Å²) in [4.78, 5) is 30.0. The summed E-state index contributed by atoms with van der Waals surface area (Å²) in [5, 5.41) is 2.97. The maximum absolute atomic E-state index is 12.8. The molecule has 1 saturated heterocycles. The van der Waals surface area contributed by atoms with Crippen LogP contribution in [0.3, 0.4) is 0 Å². The zero-order valence-electron chi connectivity index (χ0n) is 15.8. The Morgan fingerprint density at radius 3 is 2.57 bits per heavy atom. The number of hydrogen-bond acceptors (Lipinski definition) is 4. The van der Waals surface area contributed by atoms with Crippen LogP contribution in [0.15, 0.2) is 53.5 Å². The van der Waals surface area contributed by atoms with Crippen LogP contribution in [-0.4, -0.2) is 30.3 Å². The molecule has 1 aromatic heterocycles. The smallest absolute Gasteiger partial charge is 0.404 e. The van der Waals surface area contributed by atoms with Gasteiger partial charge in [0.05, 0.1) is 5.69 Å². The number of carbonyl (C=O) groups excluding carboxylic acids is 1. The van der Waals surface area contributed by atoms with Crippen molar-refractivity contribution in [2.24, 2.45) is 0 Å². The van der Waals surface area contributed by atoms with Gasteiger partial charge in [0.2, 0.25) is 5.43 Å². The molecule has 2 heterocycles. The zero-order valence-corrected chi connectivity index (χ0v) is 15.8. The topological polar surface area (TPSA) is 74.4 Å². The molecular weight excluding hydrogens is 399 g/mol. The number of hydrogen-bond donors (Lipinski definition) is 2. The lowest BCUT2D eigenvalue weighted by Crippen LogP contribution is -2.24. The molecule has 0 aliphatic carbocycles. The maximum Gasteiger partial charge on any atom is 0.573 e. The third-order valence-corrected chi connectivity index (χ3v) is 4.92. The third-order valence-electron chi connectivity index (χ3n) is 4.92. The van der Waals surface area contributed by atoms with E-state index in [1.54, 1.807) is 29.2 Å². The molecule has 6 nitrogen and oxygen atoms in total. The molecule has 0 bridgehead atoms. The molecule has 1 amide bonds. The number of nitrogens with one attached hydrogen (secondary N) is 2. The van der Waals surface area contributed by atoms with Gasteiger partial charge < -0.3 is 19.9 Å². The number of ether oxygens (including phenoxy) is 1. The summed E-state index contributed by atoms with van der Waals surface area (Å²) in [5.41, 5.74) is 0.591. The van der Waals surface area contributed by atoms with Crippen molar-refractivity contribution in [1.82, 2.24) is 4.98 Å². The lowest BCUT2D eigenvalue weighted by atomic mass is 10.1. The number of aromatic nitrogens is 1. The van der Waals surface area contributed by atoms with Crippen LogP contribution in [0.25, 0.3) is 10.9 Å². The second-order valence-corrected chi connectivity index (χ2v) is 6.96. The monoisotopic (exact) mass is 417 g/mol. The van der Waals surface area contributed by atoms with Crippen molar-refractivity contribution in [2.45, 2.75) is 19.2 Å². The van der Waals surface area contributed by atoms with Gasteiger partial charge in [-0.2, -0.15) is 0 Å². The van der Waals surface area contributed by atoms with Gasteiger partial charge in [-0.15, -0.1) is 13.2 Å². The molecule has 3 aromatic rings. The normalized spacial score (nSPS) is 14.2. The molecule has 1 fully saturated rings. The minimum absolute atomic E-state index is 0.0907. The molecule has 0 unspecified atom stereocenters. The largest absolute Gasteiger partial charge is 0.573 e. The number of fused-ring (bicyclic) bond motifs is 1. The van der Waals surface area contributed by atoms with Crippen LogP contribution in [0.4, 0.5) is 24.5 Å². The van der Waals surface area contributed by atoms with Crippen molar-refractivity contribution < 1.29 is 22.7 Å². The van der Waals surface area contributed by atoms with E-state index in [0.29, 0.717) is 24.0 Å². The predicted molar refractivity (Wildman–Crippen MR) is 107 cm³/mol. The van der Waals surface area contributed by atoms with Crippen LogP contribution in [0.1, 0.15) is 23.2 Å². The highest BCUT2D eigenvalue weighted by molar-refractivity contribution is 6.06. The number of pyridine rings is 1. The number of alkyl halides is 3. The number of anilines is 2. The quantitative estimate of drug-likeness (QED) is 0.665. The molecule has 4 rings (SSSR count). The van der Waals surface area contributed by atoms with E-state index in [1.165, 1.54) is 24.4 Å². The molecular formula is C21H18F3N3O3. The molecule has 0 spiro atoms. The van der Waals surface area contributed by atoms with Crippen LogP contribution in [-0.2, 0) is 0 Å². The molecule has 9 heteroatoms. The van der Waals surface area contributed by atoms with E-state index in [1.807, 2.05) is 0 Å². The van der Waals surface area contributed by atoms with Gasteiger partial charge in [0.1, 0.15) is 5.56 Å². The van der Waals surface area contributed by atoms with Gasteiger partial charge in [0, 0.05) is 35.9 Å². The van der Waals surface area contributed by atoms with Crippen molar-refractivity contribution in [3.05, 3.63) is 64.4 Å². The Hall–Kier alpha value is -3.49. The molecule has 2 N–H and O–H groups in total. The van der Waals surface area contributed by atoms with E-state index < -0.39 is 17.7 Å². The molecule has 30 heavy (non-hydrogen) atoms. The van der Waals surface area contributed by atoms with Crippen LogP contribution in [0.2, 0.25) is 0 Å². The molecule has 1 aliphatic heterocycles. The van der Waals surface area contributed by atoms with Crippen LogP contribution < -0.4 is 20.4 Å². The number of para-hydroxylation sites is 1. The van der Waals surface area contributed by atoms with Crippen molar-refractivity contribution in [3.63, 3.8) is 0 Å². The van der Waals surface area contributed by atoms with E-state index >= 15 is 0 Å². The summed E-state index contributed by atoms with van der Waals surface area (Å²) >= 11 is 0. The van der Waals surface area contributed by atoms with Crippen molar-refractivity contribution in [1.29, 1.82) is 0 Å². The molecule has 156 valence electrons. The number of nitrogens with zero attached hydrogens (tertiary/aromatic N) is 1. The first-order valence-corrected chi connectivity index (χ1v) is 9.38. The van der Waals surface area contributed by atoms with Crippen LogP contribution >= 0.6 is 0 Å². The number of amides is 1. The maximum atomic E-state index is 12.8. The summed E-state index contributed by atoms with van der Waals surface area (Å²) in [7, 11) is 0. The predicted octanol–water partition coefficient (Wildman–Crippen LogP) is 4.28. The highest BCUT2D eigenvalue weighted by Crippen LogP contribution is 2.36. The third kappa shape index (κ3) is 4.10. The Bertz CT molecular complexity index is 1150. The van der Waals surface area contributed by atoms with Gasteiger partial charge in [-0.25, -0.2) is 0 Å². The zero-order chi connectivity index (χ0) is 21.3. The van der Waals surface area contributed by atoms with Crippen LogP contribution in [0, 0.1) is 0 Å². The summed E-state index contributed by atoms with van der Waals surface area (Å²) in [5.74, 6) is -0.982. The first-order chi connectivity index (χ1) is 14.3. The van der Waals surface area contributed by atoms with E-state index in [9.17, 15) is 22.8 Å². The highest BCUT2D eigenvalue weighted by Gasteiger charge is 2.33. The number of benzene rings is 2. The van der Waals surface area contributed by atoms with Crippen LogP contribution in [0.5, 0.6) is 5.75 Å². The van der Waals surface area contributed by atoms with E-state index in [0.717, 1.165) is 12.8 Å². The van der Waals surface area contributed by atoms with Gasteiger partial charge in [-0.05, 0) is 43.2 Å². The standard InChI is InChI=1S/C21H18F3N3O3/c22-21(23,24)30-18-8-7-13(11-17(18)27-9-3-4-10-27)26-20(29)15-12-25-16-6-2-1-5-14(16)19(15)28/h1-2,5-8,11-12H,3-4,9-10H2,(H,25,28)(H,26,29). The van der Waals surface area contributed by atoms with Gasteiger partial charge in [-0.3, -0.25) is 9.59 Å². The van der Waals surface area contributed by atoms with E-state index in [4.69, 9.17) is 0 Å². The summed E-state index contributed by atoms with van der Waals surface area (Å²) in [6.07, 6.45) is -1.79. The first kappa shape index (κ1) is 19.8. The Morgan fingerprint density at radius 2 is 1.83 bits per heavy atom. The van der Waals surface area contributed by atoms with Crippen molar-refractivity contribution in [3.8, 4) is 5.75 Å². The number of H-pyrrole nitrogens is 1. The SMILES string of the molecule is O=C(Nc1ccc(OC(F)(F)F)c(N2CCCC2)c1)c1c[nH]c2ccccc2c1=O. The average molecular weight is 417 g/mol. The van der Waals surface area contributed by atoms with Gasteiger partial charge in [-0.1, -0.05) is 12.1 Å². The van der Waals surface area contributed by atoms with Gasteiger partial charge in [0.15, 0.2) is 5.75 Å². The molecule has 0 radical (unpaired) electrons. The highest BCUT2D eigenvalue weighted by atomic mass is 19.4. The second kappa shape index (κ2) is 7.74. The molecule has 1 aliphatic rings. The average Bonchev–Trinajstić information content (AvgIpc) is 3.23.